The Morgan fingerprint density at radius 3 is 2.43 bits per heavy atom. The molecule has 0 spiro atoms. The highest BCUT2D eigenvalue weighted by atomic mass is 32.1. The number of morpholine rings is 2. The molecule has 2 unspecified atom stereocenters. The number of ether oxygens (including phenoxy) is 2. The molecule has 2 aliphatic rings. The van der Waals surface area contributed by atoms with Crippen molar-refractivity contribution in [3.63, 3.8) is 0 Å². The average Bonchev–Trinajstić information content (AvgIpc) is 3.24. The fourth-order valence-corrected chi connectivity index (χ4v) is 4.61. The van der Waals surface area contributed by atoms with Gasteiger partial charge in [0, 0.05) is 50.2 Å². The van der Waals surface area contributed by atoms with Gasteiger partial charge in [0.2, 0.25) is 0 Å². The number of hydrogen-bond donors (Lipinski definition) is 2. The molecule has 0 aliphatic carbocycles. The van der Waals surface area contributed by atoms with Crippen LogP contribution in [0.15, 0.2) is 17.5 Å². The van der Waals surface area contributed by atoms with Gasteiger partial charge in [-0.3, -0.25) is 19.4 Å². The Morgan fingerprint density at radius 2 is 1.79 bits per heavy atom. The molecule has 2 N–H and O–H groups in total. The number of thiophene rings is 1. The zero-order chi connectivity index (χ0) is 19.8. The number of carbonyl (C=O) groups is 2. The Morgan fingerprint density at radius 1 is 1.11 bits per heavy atom. The SMILES string of the molecule is CC(NC(=O)C(=O)NCCN1CCOCC1)C(c1cccs1)N1CCOCC1. The van der Waals surface area contributed by atoms with Gasteiger partial charge < -0.3 is 20.1 Å². The van der Waals surface area contributed by atoms with Crippen molar-refractivity contribution in [1.82, 2.24) is 20.4 Å². The van der Waals surface area contributed by atoms with Gasteiger partial charge in [-0.1, -0.05) is 6.07 Å². The van der Waals surface area contributed by atoms with Gasteiger partial charge in [-0.25, -0.2) is 0 Å². The fourth-order valence-electron chi connectivity index (χ4n) is 3.64. The smallest absolute Gasteiger partial charge is 0.309 e. The van der Waals surface area contributed by atoms with Crippen molar-refractivity contribution in [1.29, 1.82) is 0 Å². The first kappa shape index (κ1) is 21.2. The summed E-state index contributed by atoms with van der Waals surface area (Å²) in [6.07, 6.45) is 0. The van der Waals surface area contributed by atoms with E-state index in [2.05, 4.69) is 26.5 Å². The number of rotatable bonds is 7. The van der Waals surface area contributed by atoms with Crippen LogP contribution in [-0.2, 0) is 19.1 Å². The summed E-state index contributed by atoms with van der Waals surface area (Å²) in [7, 11) is 0. The first-order valence-electron chi connectivity index (χ1n) is 9.89. The van der Waals surface area contributed by atoms with E-state index in [0.29, 0.717) is 19.8 Å². The van der Waals surface area contributed by atoms with E-state index in [4.69, 9.17) is 9.47 Å². The molecule has 3 rings (SSSR count). The second kappa shape index (κ2) is 10.9. The largest absolute Gasteiger partial charge is 0.379 e. The van der Waals surface area contributed by atoms with Crippen LogP contribution in [-0.4, -0.2) is 93.4 Å². The summed E-state index contributed by atoms with van der Waals surface area (Å²) in [4.78, 5) is 30.3. The van der Waals surface area contributed by atoms with Crippen molar-refractivity contribution in [2.24, 2.45) is 0 Å². The monoisotopic (exact) mass is 410 g/mol. The normalized spacial score (nSPS) is 21.0. The van der Waals surface area contributed by atoms with Crippen molar-refractivity contribution in [3.05, 3.63) is 22.4 Å². The molecule has 0 aromatic carbocycles. The van der Waals surface area contributed by atoms with Crippen molar-refractivity contribution >= 4 is 23.2 Å². The average molecular weight is 411 g/mol. The molecule has 0 bridgehead atoms. The Balaban J connectivity index is 1.49. The minimum absolute atomic E-state index is 0.0361. The van der Waals surface area contributed by atoms with E-state index in [1.807, 2.05) is 18.4 Å². The minimum Gasteiger partial charge on any atom is -0.379 e. The van der Waals surface area contributed by atoms with Crippen molar-refractivity contribution in [2.75, 3.05) is 65.7 Å². The Bertz CT molecular complexity index is 615. The van der Waals surface area contributed by atoms with Crippen molar-refractivity contribution in [2.45, 2.75) is 19.0 Å². The van der Waals surface area contributed by atoms with Crippen molar-refractivity contribution in [3.8, 4) is 0 Å². The maximum Gasteiger partial charge on any atom is 0.309 e. The van der Waals surface area contributed by atoms with E-state index in [1.54, 1.807) is 11.3 Å². The second-order valence-corrected chi connectivity index (χ2v) is 8.06. The van der Waals surface area contributed by atoms with Crippen LogP contribution in [0.3, 0.4) is 0 Å². The van der Waals surface area contributed by atoms with Crippen LogP contribution in [0.25, 0.3) is 0 Å². The van der Waals surface area contributed by atoms with E-state index < -0.39 is 11.8 Å². The van der Waals surface area contributed by atoms with Gasteiger partial charge in [0.15, 0.2) is 0 Å². The summed E-state index contributed by atoms with van der Waals surface area (Å²) >= 11 is 1.67. The minimum atomic E-state index is -0.579. The number of hydrogen-bond acceptors (Lipinski definition) is 7. The van der Waals surface area contributed by atoms with Gasteiger partial charge in [-0.05, 0) is 18.4 Å². The zero-order valence-corrected chi connectivity index (χ0v) is 17.2. The van der Waals surface area contributed by atoms with Crippen LogP contribution in [0, 0.1) is 0 Å². The molecule has 2 saturated heterocycles. The molecular weight excluding hydrogens is 380 g/mol. The summed E-state index contributed by atoms with van der Waals surface area (Å²) in [6.45, 7) is 9.30. The first-order chi connectivity index (χ1) is 13.6. The maximum atomic E-state index is 12.4. The van der Waals surface area contributed by atoms with Crippen LogP contribution in [0.4, 0.5) is 0 Å². The lowest BCUT2D eigenvalue weighted by molar-refractivity contribution is -0.140. The lowest BCUT2D eigenvalue weighted by Crippen LogP contribution is -2.51. The van der Waals surface area contributed by atoms with Crippen molar-refractivity contribution < 1.29 is 19.1 Å². The van der Waals surface area contributed by atoms with E-state index in [-0.39, 0.29) is 12.1 Å². The number of nitrogens with zero attached hydrogens (tertiary/aromatic N) is 2. The summed E-state index contributed by atoms with van der Waals surface area (Å²) in [6, 6.07) is 3.94. The third-order valence-corrected chi connectivity index (χ3v) is 6.07. The summed E-state index contributed by atoms with van der Waals surface area (Å²) in [5.41, 5.74) is 0. The molecule has 8 nitrogen and oxygen atoms in total. The first-order valence-corrected chi connectivity index (χ1v) is 10.8. The molecule has 156 valence electrons. The lowest BCUT2D eigenvalue weighted by atomic mass is 10.1. The molecule has 2 amide bonds. The fraction of sp³-hybridized carbons (Fsp3) is 0.684. The highest BCUT2D eigenvalue weighted by Crippen LogP contribution is 2.29. The van der Waals surface area contributed by atoms with Gasteiger partial charge in [0.25, 0.3) is 0 Å². The van der Waals surface area contributed by atoms with Crippen LogP contribution in [0.2, 0.25) is 0 Å². The molecule has 0 saturated carbocycles. The zero-order valence-electron chi connectivity index (χ0n) is 16.4. The Kier molecular flexibility index (Phi) is 8.23. The quantitative estimate of drug-likeness (QED) is 0.620. The van der Waals surface area contributed by atoms with Crippen LogP contribution >= 0.6 is 11.3 Å². The maximum absolute atomic E-state index is 12.4. The molecule has 3 heterocycles. The number of carbonyl (C=O) groups excluding carboxylic acids is 2. The van der Waals surface area contributed by atoms with Gasteiger partial charge in [-0.15, -0.1) is 11.3 Å². The molecule has 0 radical (unpaired) electrons. The molecule has 2 fully saturated rings. The van der Waals surface area contributed by atoms with Crippen LogP contribution < -0.4 is 10.6 Å². The van der Waals surface area contributed by atoms with E-state index in [0.717, 1.165) is 45.9 Å². The van der Waals surface area contributed by atoms with E-state index >= 15 is 0 Å². The van der Waals surface area contributed by atoms with Crippen LogP contribution in [0.1, 0.15) is 17.8 Å². The third kappa shape index (κ3) is 5.99. The molecule has 28 heavy (non-hydrogen) atoms. The number of nitrogens with one attached hydrogen (secondary N) is 2. The predicted molar refractivity (Wildman–Crippen MR) is 107 cm³/mol. The van der Waals surface area contributed by atoms with Gasteiger partial charge in [0.1, 0.15) is 0 Å². The molecule has 1 aromatic rings. The summed E-state index contributed by atoms with van der Waals surface area (Å²) in [5, 5.41) is 7.65. The standard InChI is InChI=1S/C19H30N4O4S/c1-15(17(16-3-2-14-28-16)23-8-12-27-13-9-23)21-19(25)18(24)20-4-5-22-6-10-26-11-7-22/h2-3,14-15,17H,4-13H2,1H3,(H,20,24)(H,21,25). The number of amides is 2. The summed E-state index contributed by atoms with van der Waals surface area (Å²) < 4.78 is 10.8. The second-order valence-electron chi connectivity index (χ2n) is 7.08. The molecule has 9 heteroatoms. The van der Waals surface area contributed by atoms with E-state index in [9.17, 15) is 9.59 Å². The van der Waals surface area contributed by atoms with E-state index in [1.165, 1.54) is 4.88 Å². The summed E-state index contributed by atoms with van der Waals surface area (Å²) in [5.74, 6) is -1.16. The van der Waals surface area contributed by atoms with Gasteiger partial charge in [0.05, 0.1) is 32.5 Å². The Hall–Kier alpha value is -1.52. The highest BCUT2D eigenvalue weighted by molar-refractivity contribution is 7.10. The molecule has 1 aromatic heterocycles. The molecule has 2 aliphatic heterocycles. The van der Waals surface area contributed by atoms with Gasteiger partial charge in [-0.2, -0.15) is 0 Å². The topological polar surface area (TPSA) is 83.1 Å². The van der Waals surface area contributed by atoms with Gasteiger partial charge >= 0.3 is 11.8 Å². The third-order valence-electron chi connectivity index (χ3n) is 5.13. The molecule has 2 atom stereocenters. The Labute approximate surface area is 170 Å². The molecular formula is C19H30N4O4S. The highest BCUT2D eigenvalue weighted by Gasteiger charge is 2.30. The van der Waals surface area contributed by atoms with Crippen LogP contribution in [0.5, 0.6) is 0 Å². The lowest BCUT2D eigenvalue weighted by Gasteiger charge is -2.37. The predicted octanol–water partition coefficient (Wildman–Crippen LogP) is 0.0745.